The molecule has 3 rings (SSSR count). The van der Waals surface area contributed by atoms with Crippen LogP contribution >= 0.6 is 0 Å². The SMILES string of the molecule is C=CNc1cc2cc(C3=CN=C(C)C3)ccc2cn1. The molecule has 1 aromatic carbocycles. The lowest BCUT2D eigenvalue weighted by Crippen LogP contribution is -1.91. The van der Waals surface area contributed by atoms with Gasteiger partial charge in [0.05, 0.1) is 0 Å². The quantitative estimate of drug-likeness (QED) is 0.892. The minimum absolute atomic E-state index is 0.812. The van der Waals surface area contributed by atoms with Crippen molar-refractivity contribution in [3.63, 3.8) is 0 Å². The van der Waals surface area contributed by atoms with Crippen molar-refractivity contribution in [1.29, 1.82) is 0 Å². The van der Waals surface area contributed by atoms with Crippen LogP contribution in [0.4, 0.5) is 5.82 Å². The number of allylic oxidation sites excluding steroid dienone is 1. The Bertz CT molecular complexity index is 711. The summed E-state index contributed by atoms with van der Waals surface area (Å²) in [6.45, 7) is 5.71. The summed E-state index contributed by atoms with van der Waals surface area (Å²) in [5.41, 5.74) is 3.66. The zero-order valence-electron chi connectivity index (χ0n) is 10.9. The Morgan fingerprint density at radius 1 is 1.26 bits per heavy atom. The number of nitrogens with one attached hydrogen (secondary N) is 1. The van der Waals surface area contributed by atoms with E-state index in [-0.39, 0.29) is 0 Å². The van der Waals surface area contributed by atoms with Crippen LogP contribution in [-0.2, 0) is 0 Å². The number of hydrogen-bond acceptors (Lipinski definition) is 3. The van der Waals surface area contributed by atoms with E-state index < -0.39 is 0 Å². The van der Waals surface area contributed by atoms with Gasteiger partial charge >= 0.3 is 0 Å². The Kier molecular flexibility index (Phi) is 2.88. The monoisotopic (exact) mass is 249 g/mol. The number of aliphatic imine (C=N–C) groups is 1. The molecule has 0 unspecified atom stereocenters. The van der Waals surface area contributed by atoms with Crippen LogP contribution in [0.5, 0.6) is 0 Å². The van der Waals surface area contributed by atoms with Crippen molar-refractivity contribution < 1.29 is 0 Å². The summed E-state index contributed by atoms with van der Waals surface area (Å²) >= 11 is 0. The number of rotatable bonds is 3. The molecule has 0 amide bonds. The molecular weight excluding hydrogens is 234 g/mol. The topological polar surface area (TPSA) is 37.3 Å². The highest BCUT2D eigenvalue weighted by Gasteiger charge is 2.09. The second kappa shape index (κ2) is 4.69. The zero-order valence-corrected chi connectivity index (χ0v) is 10.9. The Morgan fingerprint density at radius 3 is 2.89 bits per heavy atom. The largest absolute Gasteiger partial charge is 0.347 e. The van der Waals surface area contributed by atoms with Crippen LogP contribution in [-0.4, -0.2) is 10.7 Å². The number of pyridine rings is 1. The second-order valence-electron chi connectivity index (χ2n) is 4.68. The van der Waals surface area contributed by atoms with E-state index in [4.69, 9.17) is 0 Å². The molecule has 0 aliphatic carbocycles. The molecule has 0 spiro atoms. The molecule has 1 aliphatic rings. The van der Waals surface area contributed by atoms with Gasteiger partial charge in [-0.05, 0) is 41.8 Å². The molecule has 1 N–H and O–H groups in total. The lowest BCUT2D eigenvalue weighted by Gasteiger charge is -2.06. The zero-order chi connectivity index (χ0) is 13.2. The van der Waals surface area contributed by atoms with Crippen LogP contribution in [0.3, 0.4) is 0 Å². The molecule has 1 aliphatic heterocycles. The van der Waals surface area contributed by atoms with Crippen molar-refractivity contribution in [2.45, 2.75) is 13.3 Å². The average Bonchev–Trinajstić information content (AvgIpc) is 2.85. The first-order valence-electron chi connectivity index (χ1n) is 6.26. The third-order valence-electron chi connectivity index (χ3n) is 3.23. The highest BCUT2D eigenvalue weighted by Crippen LogP contribution is 2.27. The molecule has 19 heavy (non-hydrogen) atoms. The average molecular weight is 249 g/mol. The first-order valence-corrected chi connectivity index (χ1v) is 6.26. The van der Waals surface area contributed by atoms with Crippen LogP contribution in [0.1, 0.15) is 18.9 Å². The van der Waals surface area contributed by atoms with Gasteiger partial charge < -0.3 is 5.32 Å². The molecule has 2 aromatic rings. The van der Waals surface area contributed by atoms with Gasteiger partial charge in [-0.25, -0.2) is 4.98 Å². The molecule has 3 heteroatoms. The summed E-state index contributed by atoms with van der Waals surface area (Å²) in [4.78, 5) is 8.65. The fourth-order valence-corrected chi connectivity index (χ4v) is 2.26. The van der Waals surface area contributed by atoms with Crippen molar-refractivity contribution in [3.8, 4) is 0 Å². The first kappa shape index (κ1) is 11.7. The molecule has 94 valence electrons. The Hall–Kier alpha value is -2.42. The van der Waals surface area contributed by atoms with Crippen molar-refractivity contribution in [3.05, 3.63) is 55.0 Å². The maximum Gasteiger partial charge on any atom is 0.130 e. The first-order chi connectivity index (χ1) is 9.26. The molecule has 2 heterocycles. The minimum atomic E-state index is 0.812. The predicted octanol–water partition coefficient (Wildman–Crippen LogP) is 4.00. The van der Waals surface area contributed by atoms with Crippen molar-refractivity contribution in [1.82, 2.24) is 4.98 Å². The summed E-state index contributed by atoms with van der Waals surface area (Å²) < 4.78 is 0. The number of nitrogens with zero attached hydrogens (tertiary/aromatic N) is 2. The van der Waals surface area contributed by atoms with E-state index in [2.05, 4.69) is 47.0 Å². The molecule has 0 atom stereocenters. The number of fused-ring (bicyclic) bond motifs is 1. The molecule has 1 aromatic heterocycles. The van der Waals surface area contributed by atoms with Crippen LogP contribution in [0, 0.1) is 0 Å². The number of hydrogen-bond donors (Lipinski definition) is 1. The van der Waals surface area contributed by atoms with E-state index in [1.54, 1.807) is 6.20 Å². The van der Waals surface area contributed by atoms with Crippen LogP contribution in [0.25, 0.3) is 16.3 Å². The summed E-state index contributed by atoms with van der Waals surface area (Å²) in [5.74, 6) is 0.812. The maximum atomic E-state index is 4.34. The smallest absolute Gasteiger partial charge is 0.130 e. The van der Waals surface area contributed by atoms with Crippen molar-refractivity contribution in [2.24, 2.45) is 4.99 Å². The molecule has 0 bridgehead atoms. The minimum Gasteiger partial charge on any atom is -0.347 e. The predicted molar refractivity (Wildman–Crippen MR) is 81.3 cm³/mol. The van der Waals surface area contributed by atoms with E-state index in [9.17, 15) is 0 Å². The highest BCUT2D eigenvalue weighted by molar-refractivity contribution is 5.98. The summed E-state index contributed by atoms with van der Waals surface area (Å²) in [6.07, 6.45) is 6.40. The van der Waals surface area contributed by atoms with Gasteiger partial charge in [-0.2, -0.15) is 0 Å². The van der Waals surface area contributed by atoms with E-state index in [0.29, 0.717) is 0 Å². The second-order valence-corrected chi connectivity index (χ2v) is 4.68. The van der Waals surface area contributed by atoms with Gasteiger partial charge in [-0.1, -0.05) is 18.7 Å². The van der Waals surface area contributed by atoms with E-state index >= 15 is 0 Å². The lowest BCUT2D eigenvalue weighted by atomic mass is 10.0. The standard InChI is InChI=1S/C16H15N3/c1-3-17-16-8-14-7-12(4-5-13(14)9-19-16)15-6-11(2)18-10-15/h3-5,7-10H,1,6H2,2H3,(H,17,19). The molecular formula is C16H15N3. The Balaban J connectivity index is 2.02. The fraction of sp³-hybridized carbons (Fsp3) is 0.125. The third kappa shape index (κ3) is 2.27. The van der Waals surface area contributed by atoms with Gasteiger partial charge in [0.15, 0.2) is 0 Å². The van der Waals surface area contributed by atoms with Crippen LogP contribution in [0.2, 0.25) is 0 Å². The molecule has 0 radical (unpaired) electrons. The third-order valence-corrected chi connectivity index (χ3v) is 3.23. The van der Waals surface area contributed by atoms with Crippen LogP contribution in [0.15, 0.2) is 54.4 Å². The normalized spacial score (nSPS) is 14.2. The highest BCUT2D eigenvalue weighted by atomic mass is 15.0. The number of anilines is 1. The molecule has 0 fully saturated rings. The van der Waals surface area contributed by atoms with Gasteiger partial charge in [0.1, 0.15) is 5.82 Å². The van der Waals surface area contributed by atoms with E-state index in [1.165, 1.54) is 22.2 Å². The van der Waals surface area contributed by atoms with Gasteiger partial charge in [0, 0.05) is 29.9 Å². The van der Waals surface area contributed by atoms with Crippen molar-refractivity contribution >= 4 is 27.9 Å². The van der Waals surface area contributed by atoms with Gasteiger partial charge in [-0.15, -0.1) is 0 Å². The van der Waals surface area contributed by atoms with Crippen LogP contribution < -0.4 is 5.32 Å². The molecule has 0 saturated heterocycles. The fourth-order valence-electron chi connectivity index (χ4n) is 2.26. The lowest BCUT2D eigenvalue weighted by molar-refractivity contribution is 1.34. The summed E-state index contributed by atoms with van der Waals surface area (Å²) in [6, 6.07) is 8.45. The van der Waals surface area contributed by atoms with Gasteiger partial charge in [0.2, 0.25) is 0 Å². The Labute approximate surface area is 112 Å². The van der Waals surface area contributed by atoms with E-state index in [0.717, 1.165) is 17.6 Å². The van der Waals surface area contributed by atoms with Crippen molar-refractivity contribution in [2.75, 3.05) is 5.32 Å². The summed E-state index contributed by atoms with van der Waals surface area (Å²) in [7, 11) is 0. The molecule has 3 nitrogen and oxygen atoms in total. The Morgan fingerprint density at radius 2 is 2.16 bits per heavy atom. The van der Waals surface area contributed by atoms with E-state index in [1.807, 2.05) is 18.5 Å². The number of aromatic nitrogens is 1. The molecule has 0 saturated carbocycles. The van der Waals surface area contributed by atoms with Gasteiger partial charge in [0.25, 0.3) is 0 Å². The maximum absolute atomic E-state index is 4.34. The van der Waals surface area contributed by atoms with Gasteiger partial charge in [-0.3, -0.25) is 4.99 Å². The number of benzene rings is 1. The summed E-state index contributed by atoms with van der Waals surface area (Å²) in [5, 5.41) is 5.31.